The van der Waals surface area contributed by atoms with Gasteiger partial charge in [0.2, 0.25) is 0 Å². The smallest absolute Gasteiger partial charge is 0.397 e. The number of esters is 1. The molecule has 0 aromatic heterocycles. The van der Waals surface area contributed by atoms with Gasteiger partial charge in [0.15, 0.2) is 6.29 Å². The Labute approximate surface area is 437 Å². The van der Waals surface area contributed by atoms with Crippen molar-refractivity contribution in [3.8, 4) is 0 Å². The van der Waals surface area contributed by atoms with Gasteiger partial charge in [0.25, 0.3) is 0 Å². The van der Waals surface area contributed by atoms with Crippen molar-refractivity contribution in [2.45, 2.75) is 243 Å². The number of hydrogen-bond acceptors (Lipinski definition) is 11. The average molecular weight is 1030 g/mol. The van der Waals surface area contributed by atoms with Crippen LogP contribution in [0.5, 0.6) is 0 Å². The maximum absolute atomic E-state index is 13.0. The van der Waals surface area contributed by atoms with E-state index in [1.165, 1.54) is 77.0 Å². The molecule has 0 saturated carbocycles. The van der Waals surface area contributed by atoms with Crippen molar-refractivity contribution < 1.29 is 56.2 Å². The third-order valence-corrected chi connectivity index (χ3v) is 12.7. The molecular formula is C59H100O12S. The number of carbonyl (C=O) groups is 1. The van der Waals surface area contributed by atoms with Crippen molar-refractivity contribution in [1.29, 1.82) is 0 Å². The monoisotopic (exact) mass is 1030 g/mol. The van der Waals surface area contributed by atoms with E-state index in [0.29, 0.717) is 13.0 Å². The van der Waals surface area contributed by atoms with E-state index in [1.54, 1.807) is 0 Å². The van der Waals surface area contributed by atoms with Crippen molar-refractivity contribution in [2.24, 2.45) is 0 Å². The van der Waals surface area contributed by atoms with Crippen LogP contribution < -0.4 is 0 Å². The first kappa shape index (κ1) is 67.0. The third kappa shape index (κ3) is 41.4. The molecule has 6 unspecified atom stereocenters. The molecule has 0 spiro atoms. The van der Waals surface area contributed by atoms with E-state index in [1.807, 2.05) is 0 Å². The number of carbonyl (C=O) groups excluding carboxylic acids is 1. The SMILES string of the molecule is CC/C=C\C/C=C\C/C=C\C/C=C\C/C=C\CCCCCCCCCCCC(=O)OC(COCCCCCCCCC/C=C\C/C=C\C/C=C\CCCCC)COC1OC(CO)C(O)C(OS(=O)(=O)O)C1O. The fraction of sp³-hybridized carbons (Fsp3) is 0.712. The molecule has 1 rings (SSSR count). The molecular weight excluding hydrogens is 933 g/mol. The maximum atomic E-state index is 13.0. The summed E-state index contributed by atoms with van der Waals surface area (Å²) < 4.78 is 59.4. The first-order chi connectivity index (χ1) is 35.1. The molecule has 6 atom stereocenters. The van der Waals surface area contributed by atoms with E-state index >= 15 is 0 Å². The molecule has 12 nitrogen and oxygen atoms in total. The van der Waals surface area contributed by atoms with Gasteiger partial charge in [-0.25, -0.2) is 4.18 Å². The van der Waals surface area contributed by atoms with Crippen molar-refractivity contribution >= 4 is 16.4 Å². The van der Waals surface area contributed by atoms with Gasteiger partial charge in [-0.05, 0) is 96.3 Å². The highest BCUT2D eigenvalue weighted by molar-refractivity contribution is 7.80. The second kappa shape index (κ2) is 48.9. The molecule has 0 amide bonds. The van der Waals surface area contributed by atoms with Gasteiger partial charge < -0.3 is 34.3 Å². The zero-order valence-corrected chi connectivity index (χ0v) is 45.5. The van der Waals surface area contributed by atoms with E-state index < -0.39 is 59.8 Å². The van der Waals surface area contributed by atoms with E-state index in [4.69, 9.17) is 18.9 Å². The fourth-order valence-corrected chi connectivity index (χ4v) is 8.51. The first-order valence-corrected chi connectivity index (χ1v) is 29.4. The summed E-state index contributed by atoms with van der Waals surface area (Å²) in [6, 6.07) is 0. The van der Waals surface area contributed by atoms with E-state index in [2.05, 4.69) is 115 Å². The average Bonchev–Trinajstić information content (AvgIpc) is 3.36. The van der Waals surface area contributed by atoms with Gasteiger partial charge in [0, 0.05) is 13.0 Å². The fourth-order valence-electron chi connectivity index (χ4n) is 8.00. The van der Waals surface area contributed by atoms with Gasteiger partial charge in [-0.3, -0.25) is 9.35 Å². The summed E-state index contributed by atoms with van der Waals surface area (Å²) in [5.41, 5.74) is 0. The van der Waals surface area contributed by atoms with Crippen LogP contribution in [0.15, 0.2) is 97.2 Å². The third-order valence-electron chi connectivity index (χ3n) is 12.2. The Morgan fingerprint density at radius 1 is 0.542 bits per heavy atom. The summed E-state index contributed by atoms with van der Waals surface area (Å²) in [6.45, 7) is 3.82. The molecule has 0 radical (unpaired) electrons. The Kier molecular flexibility index (Phi) is 45.6. The highest BCUT2D eigenvalue weighted by Gasteiger charge is 2.48. The van der Waals surface area contributed by atoms with E-state index in [-0.39, 0.29) is 19.6 Å². The number of aliphatic hydroxyl groups excluding tert-OH is 3. The predicted molar refractivity (Wildman–Crippen MR) is 294 cm³/mol. The molecule has 0 aromatic carbocycles. The van der Waals surface area contributed by atoms with Crippen LogP contribution in [0.2, 0.25) is 0 Å². The molecule has 0 aliphatic carbocycles. The van der Waals surface area contributed by atoms with Gasteiger partial charge >= 0.3 is 16.4 Å². The number of hydrogen-bond donors (Lipinski definition) is 4. The van der Waals surface area contributed by atoms with Crippen LogP contribution in [0.25, 0.3) is 0 Å². The molecule has 0 bridgehead atoms. The number of rotatable bonds is 48. The Hall–Kier alpha value is -2.98. The summed E-state index contributed by atoms with van der Waals surface area (Å²) in [5, 5.41) is 30.8. The van der Waals surface area contributed by atoms with Crippen LogP contribution in [0.3, 0.4) is 0 Å². The van der Waals surface area contributed by atoms with Gasteiger partial charge in [-0.2, -0.15) is 8.42 Å². The summed E-state index contributed by atoms with van der Waals surface area (Å²) in [4.78, 5) is 13.0. The minimum absolute atomic E-state index is 0.0212. The lowest BCUT2D eigenvalue weighted by Gasteiger charge is -2.41. The largest absolute Gasteiger partial charge is 0.457 e. The van der Waals surface area contributed by atoms with E-state index in [9.17, 15) is 33.1 Å². The van der Waals surface area contributed by atoms with E-state index in [0.717, 1.165) is 103 Å². The van der Waals surface area contributed by atoms with Crippen LogP contribution in [-0.2, 0) is 38.3 Å². The van der Waals surface area contributed by atoms with Gasteiger partial charge in [0.1, 0.15) is 30.5 Å². The molecule has 1 aliphatic rings. The first-order valence-electron chi connectivity index (χ1n) is 28.0. The lowest BCUT2D eigenvalue weighted by Crippen LogP contribution is -2.60. The van der Waals surface area contributed by atoms with Crippen LogP contribution >= 0.6 is 0 Å². The van der Waals surface area contributed by atoms with Crippen molar-refractivity contribution in [3.05, 3.63) is 97.2 Å². The van der Waals surface area contributed by atoms with Gasteiger partial charge in [-0.15, -0.1) is 0 Å². The van der Waals surface area contributed by atoms with Crippen LogP contribution in [0, 0.1) is 0 Å². The topological polar surface area (TPSA) is 178 Å². The van der Waals surface area contributed by atoms with Crippen molar-refractivity contribution in [3.63, 3.8) is 0 Å². The molecule has 4 N–H and O–H groups in total. The minimum atomic E-state index is -5.08. The molecule has 1 saturated heterocycles. The Bertz CT molecular complexity index is 1620. The lowest BCUT2D eigenvalue weighted by atomic mass is 9.99. The second-order valence-electron chi connectivity index (χ2n) is 18.8. The zero-order valence-electron chi connectivity index (χ0n) is 44.7. The quantitative estimate of drug-likeness (QED) is 0.0196. The number of unbranched alkanes of at least 4 members (excludes halogenated alkanes) is 19. The molecule has 414 valence electrons. The second-order valence-corrected chi connectivity index (χ2v) is 19.8. The van der Waals surface area contributed by atoms with Crippen LogP contribution in [0.1, 0.15) is 206 Å². The predicted octanol–water partition coefficient (Wildman–Crippen LogP) is 13.8. The van der Waals surface area contributed by atoms with Crippen LogP contribution in [0.4, 0.5) is 0 Å². The molecule has 0 aromatic rings. The maximum Gasteiger partial charge on any atom is 0.397 e. The normalized spacial score (nSPS) is 19.7. The van der Waals surface area contributed by atoms with Crippen molar-refractivity contribution in [2.75, 3.05) is 26.4 Å². The summed E-state index contributed by atoms with van der Waals surface area (Å²) in [6.07, 6.45) is 58.6. The van der Waals surface area contributed by atoms with Gasteiger partial charge in [0.05, 0.1) is 19.8 Å². The molecule has 72 heavy (non-hydrogen) atoms. The summed E-state index contributed by atoms with van der Waals surface area (Å²) in [7, 11) is -5.08. The minimum Gasteiger partial charge on any atom is -0.457 e. The molecule has 13 heteroatoms. The molecule has 1 aliphatic heterocycles. The Morgan fingerprint density at radius 3 is 1.40 bits per heavy atom. The summed E-state index contributed by atoms with van der Waals surface area (Å²) in [5.74, 6) is -0.412. The Morgan fingerprint density at radius 2 is 0.958 bits per heavy atom. The van der Waals surface area contributed by atoms with Crippen molar-refractivity contribution in [1.82, 2.24) is 0 Å². The molecule has 1 fully saturated rings. The summed E-state index contributed by atoms with van der Waals surface area (Å²) >= 11 is 0. The van der Waals surface area contributed by atoms with Crippen LogP contribution in [-0.4, -0.2) is 97.5 Å². The Balaban J connectivity index is 2.34. The number of ether oxygens (including phenoxy) is 4. The molecule has 1 heterocycles. The number of aliphatic hydroxyl groups is 3. The lowest BCUT2D eigenvalue weighted by molar-refractivity contribution is -0.301. The highest BCUT2D eigenvalue weighted by Crippen LogP contribution is 2.26. The zero-order chi connectivity index (χ0) is 52.4. The highest BCUT2D eigenvalue weighted by atomic mass is 32.3. The van der Waals surface area contributed by atoms with Gasteiger partial charge in [-0.1, -0.05) is 201 Å². The standard InChI is InChI=1S/C59H100O12S/c1-3-5-7-9-11-13-15-17-19-21-23-25-26-27-28-29-30-32-34-36-38-40-42-44-46-48-55(61)69-53(52-68-59-57(63)58(71-72(64,65)66)56(62)54(50-60)70-59)51-67-49-47-45-43-41-39-37-35-33-31-24-22-20-18-16-14-12-10-8-6-4-2/h5,7,11-14,17-20,23-25,27-28,31,53-54,56-60,62-63H,3-4,6,8-10,15-16,21-22,26,29-30,32-52H2,1-2H3,(H,64,65,66)/b7-5-,13-11-,14-12-,19-17-,20-18-,25-23-,28-27-,31-24-. The number of allylic oxidation sites excluding steroid dienone is 16.